The molecule has 3 aliphatic carbocycles. The molecule has 0 bridgehead atoms. The molecule has 3 fully saturated rings. The van der Waals surface area contributed by atoms with Gasteiger partial charge in [0.1, 0.15) is 0 Å². The van der Waals surface area contributed by atoms with Crippen LogP contribution in [0.25, 0.3) is 0 Å². The van der Waals surface area contributed by atoms with E-state index in [1.165, 1.54) is 77.0 Å². The number of hydrogen-bond donors (Lipinski definition) is 1. The fraction of sp³-hybridized carbons (Fsp3) is 0.800. The topological polar surface area (TPSA) is 12.0 Å². The molecule has 115 valence electrons. The summed E-state index contributed by atoms with van der Waals surface area (Å²) >= 11 is 0. The van der Waals surface area contributed by atoms with E-state index in [0.717, 1.165) is 17.8 Å². The van der Waals surface area contributed by atoms with E-state index in [4.69, 9.17) is 0 Å². The monoisotopic (exact) mass is 284 g/mol. The van der Waals surface area contributed by atoms with E-state index in [2.05, 4.69) is 17.5 Å². The van der Waals surface area contributed by atoms with Crippen LogP contribution in [0.1, 0.15) is 77.0 Å². The minimum atomic E-state index is 0.531. The maximum absolute atomic E-state index is 3.92. The molecule has 1 heterocycles. The first-order valence-corrected chi connectivity index (χ1v) is 9.51. The lowest BCUT2D eigenvalue weighted by Gasteiger charge is -2.32. The van der Waals surface area contributed by atoms with Gasteiger partial charge in [-0.2, -0.15) is 0 Å². The van der Waals surface area contributed by atoms with Crippen LogP contribution >= 0.6 is 0 Å². The van der Waals surface area contributed by atoms with Crippen LogP contribution in [-0.4, -0.2) is 6.04 Å². The Bertz CT molecular complexity index is 415. The molecule has 4 rings (SSSR count). The third-order valence-electron chi connectivity index (χ3n) is 6.42. The zero-order valence-electron chi connectivity index (χ0n) is 13.4. The van der Waals surface area contributed by atoms with Crippen LogP contribution in [0.15, 0.2) is 17.3 Å². The SMILES string of the molecule is [C]1=C(C2CCCC2)C=C(C2CCCC2)NC1C1CCCC1. The van der Waals surface area contributed by atoms with Gasteiger partial charge in [-0.15, -0.1) is 0 Å². The summed E-state index contributed by atoms with van der Waals surface area (Å²) in [7, 11) is 0. The Morgan fingerprint density at radius 2 is 1.33 bits per heavy atom. The first-order valence-electron chi connectivity index (χ1n) is 9.51. The normalized spacial score (nSPS) is 32.3. The Morgan fingerprint density at radius 3 is 2.00 bits per heavy atom. The van der Waals surface area contributed by atoms with Crippen molar-refractivity contribution in [3.05, 3.63) is 23.4 Å². The molecule has 1 heteroatoms. The Hall–Kier alpha value is -0.720. The lowest BCUT2D eigenvalue weighted by Crippen LogP contribution is -2.38. The second-order valence-electron chi connectivity index (χ2n) is 7.83. The molecule has 21 heavy (non-hydrogen) atoms. The minimum Gasteiger partial charge on any atom is -0.381 e. The van der Waals surface area contributed by atoms with Crippen LogP contribution < -0.4 is 5.32 Å². The van der Waals surface area contributed by atoms with E-state index in [-0.39, 0.29) is 0 Å². The van der Waals surface area contributed by atoms with Crippen molar-refractivity contribution in [2.24, 2.45) is 17.8 Å². The molecule has 0 aromatic rings. The third kappa shape index (κ3) is 2.94. The van der Waals surface area contributed by atoms with Crippen LogP contribution in [0.5, 0.6) is 0 Å². The Balaban J connectivity index is 1.56. The highest BCUT2D eigenvalue weighted by atomic mass is 14.9. The van der Waals surface area contributed by atoms with Gasteiger partial charge in [0.25, 0.3) is 0 Å². The highest BCUT2D eigenvalue weighted by molar-refractivity contribution is 5.31. The van der Waals surface area contributed by atoms with Gasteiger partial charge < -0.3 is 5.32 Å². The van der Waals surface area contributed by atoms with Gasteiger partial charge in [0, 0.05) is 5.70 Å². The molecular formula is C20H30N. The van der Waals surface area contributed by atoms with Crippen LogP contribution in [0.3, 0.4) is 0 Å². The average Bonchev–Trinajstić information content (AvgIpc) is 3.29. The molecule has 1 nitrogen and oxygen atoms in total. The standard InChI is InChI=1S/C20H30N/c1-2-8-15(7-1)18-13-19(16-9-3-4-10-16)21-20(14-18)17-11-5-6-12-17/h13,15-17,20-21H,1-12H2. The molecule has 1 atom stereocenters. The number of rotatable bonds is 3. The van der Waals surface area contributed by atoms with Crippen molar-refractivity contribution >= 4 is 0 Å². The van der Waals surface area contributed by atoms with Crippen LogP contribution in [0, 0.1) is 23.8 Å². The third-order valence-corrected chi connectivity index (χ3v) is 6.42. The fourth-order valence-corrected chi connectivity index (χ4v) is 5.12. The van der Waals surface area contributed by atoms with E-state index < -0.39 is 0 Å². The molecule has 0 spiro atoms. The molecule has 1 radical (unpaired) electrons. The molecule has 1 N–H and O–H groups in total. The number of hydrogen-bond acceptors (Lipinski definition) is 1. The van der Waals surface area contributed by atoms with Crippen molar-refractivity contribution in [3.63, 3.8) is 0 Å². The van der Waals surface area contributed by atoms with Crippen molar-refractivity contribution in [1.29, 1.82) is 0 Å². The maximum atomic E-state index is 3.92. The van der Waals surface area contributed by atoms with E-state index >= 15 is 0 Å². The second-order valence-corrected chi connectivity index (χ2v) is 7.83. The molecule has 0 saturated heterocycles. The lowest BCUT2D eigenvalue weighted by molar-refractivity contribution is 0.399. The summed E-state index contributed by atoms with van der Waals surface area (Å²) < 4.78 is 0. The van der Waals surface area contributed by atoms with Gasteiger partial charge in [0.2, 0.25) is 0 Å². The van der Waals surface area contributed by atoms with E-state index in [1.54, 1.807) is 11.3 Å². The molecule has 1 aliphatic heterocycles. The van der Waals surface area contributed by atoms with Crippen LogP contribution in [0.4, 0.5) is 0 Å². The number of nitrogens with one attached hydrogen (secondary N) is 1. The van der Waals surface area contributed by atoms with Crippen molar-refractivity contribution in [1.82, 2.24) is 5.32 Å². The molecule has 0 aromatic carbocycles. The Kier molecular flexibility index (Phi) is 4.10. The molecule has 1 unspecified atom stereocenters. The highest BCUT2D eigenvalue weighted by Gasteiger charge is 2.32. The molecule has 3 saturated carbocycles. The summed E-state index contributed by atoms with van der Waals surface area (Å²) in [5, 5.41) is 3.92. The smallest absolute Gasteiger partial charge is 0.0545 e. The summed E-state index contributed by atoms with van der Waals surface area (Å²) in [5.74, 6) is 2.51. The van der Waals surface area contributed by atoms with Gasteiger partial charge >= 0.3 is 0 Å². The summed E-state index contributed by atoms with van der Waals surface area (Å²) in [6, 6.07) is 0.531. The van der Waals surface area contributed by atoms with E-state index in [9.17, 15) is 0 Å². The Morgan fingerprint density at radius 1 is 0.762 bits per heavy atom. The van der Waals surface area contributed by atoms with Crippen molar-refractivity contribution in [2.45, 2.75) is 83.1 Å². The Labute approximate surface area is 130 Å². The average molecular weight is 284 g/mol. The quantitative estimate of drug-likeness (QED) is 0.756. The largest absolute Gasteiger partial charge is 0.381 e. The fourth-order valence-electron chi connectivity index (χ4n) is 5.12. The second kappa shape index (κ2) is 6.18. The maximum Gasteiger partial charge on any atom is 0.0545 e. The van der Waals surface area contributed by atoms with Gasteiger partial charge in [-0.25, -0.2) is 0 Å². The summed E-state index contributed by atoms with van der Waals surface area (Å²) in [5.41, 5.74) is 3.18. The van der Waals surface area contributed by atoms with Crippen molar-refractivity contribution in [2.75, 3.05) is 0 Å². The molecule has 4 aliphatic rings. The molecular weight excluding hydrogens is 254 g/mol. The summed E-state index contributed by atoms with van der Waals surface area (Å²) in [6.07, 6.45) is 23.5. The van der Waals surface area contributed by atoms with Gasteiger partial charge in [0.15, 0.2) is 0 Å². The first kappa shape index (κ1) is 13.9. The number of allylic oxidation sites excluding steroid dienone is 3. The lowest BCUT2D eigenvalue weighted by atomic mass is 9.85. The zero-order valence-corrected chi connectivity index (χ0v) is 13.4. The highest BCUT2D eigenvalue weighted by Crippen LogP contribution is 2.39. The number of dihydropyridines is 1. The van der Waals surface area contributed by atoms with Gasteiger partial charge in [0.05, 0.1) is 6.04 Å². The van der Waals surface area contributed by atoms with Crippen LogP contribution in [0.2, 0.25) is 0 Å². The minimum absolute atomic E-state index is 0.531. The van der Waals surface area contributed by atoms with E-state index in [1.807, 2.05) is 0 Å². The van der Waals surface area contributed by atoms with Gasteiger partial charge in [-0.05, 0) is 74.0 Å². The van der Waals surface area contributed by atoms with Crippen LogP contribution in [-0.2, 0) is 0 Å². The molecule has 0 aromatic heterocycles. The molecule has 0 amide bonds. The zero-order chi connectivity index (χ0) is 14.1. The predicted octanol–water partition coefficient (Wildman–Crippen LogP) is 5.14. The first-order chi connectivity index (χ1) is 10.4. The van der Waals surface area contributed by atoms with Gasteiger partial charge in [-0.3, -0.25) is 0 Å². The van der Waals surface area contributed by atoms with Crippen molar-refractivity contribution < 1.29 is 0 Å². The summed E-state index contributed by atoms with van der Waals surface area (Å²) in [6.45, 7) is 0. The van der Waals surface area contributed by atoms with Crippen molar-refractivity contribution in [3.8, 4) is 0 Å². The summed E-state index contributed by atoms with van der Waals surface area (Å²) in [4.78, 5) is 0. The van der Waals surface area contributed by atoms with E-state index in [0.29, 0.717) is 6.04 Å². The predicted molar refractivity (Wildman–Crippen MR) is 87.6 cm³/mol. The van der Waals surface area contributed by atoms with Gasteiger partial charge in [-0.1, -0.05) is 38.5 Å².